The van der Waals surface area contributed by atoms with Crippen LogP contribution >= 0.6 is 23.2 Å². The Morgan fingerprint density at radius 2 is 2.24 bits per heavy atom. The lowest BCUT2D eigenvalue weighted by molar-refractivity contribution is 0.0226. The van der Waals surface area contributed by atoms with Crippen LogP contribution in [0.25, 0.3) is 0 Å². The Bertz CT molecular complexity index is 466. The van der Waals surface area contributed by atoms with Crippen molar-refractivity contribution in [2.45, 2.75) is 18.1 Å². The van der Waals surface area contributed by atoms with Crippen molar-refractivity contribution < 1.29 is 19.7 Å². The Hall–Kier alpha value is -0.560. The van der Waals surface area contributed by atoms with Gasteiger partial charge in [-0.25, -0.2) is 0 Å². The van der Waals surface area contributed by atoms with Crippen LogP contribution in [0.15, 0.2) is 18.2 Å². The molecule has 3 N–H and O–H groups in total. The quantitative estimate of drug-likeness (QED) is 0.704. The Morgan fingerprint density at radius 1 is 1.43 bits per heavy atom. The van der Waals surface area contributed by atoms with Gasteiger partial charge >= 0.3 is 0 Å². The van der Waals surface area contributed by atoms with Crippen LogP contribution in [-0.4, -0.2) is 54.8 Å². The van der Waals surface area contributed by atoms with E-state index < -0.39 is 11.7 Å². The highest BCUT2D eigenvalue weighted by Gasteiger charge is 2.31. The summed E-state index contributed by atoms with van der Waals surface area (Å²) in [6.07, 6.45) is -0.115. The third-order valence-corrected chi connectivity index (χ3v) is 3.79. The molecule has 1 fully saturated rings. The maximum absolute atomic E-state index is 10.0. The van der Waals surface area contributed by atoms with Gasteiger partial charge in [0.25, 0.3) is 0 Å². The molecule has 0 aromatic heterocycles. The molecule has 0 saturated carbocycles. The van der Waals surface area contributed by atoms with Crippen molar-refractivity contribution in [3.63, 3.8) is 0 Å². The summed E-state index contributed by atoms with van der Waals surface area (Å²) in [6.45, 7) is 1.66. The number of rotatable bonds is 7. The molecule has 0 radical (unpaired) electrons. The Morgan fingerprint density at radius 3 is 2.95 bits per heavy atom. The molecule has 1 aliphatic heterocycles. The highest BCUT2D eigenvalue weighted by Crippen LogP contribution is 2.27. The predicted octanol–water partition coefficient (Wildman–Crippen LogP) is 1.47. The first-order valence-electron chi connectivity index (χ1n) is 6.75. The van der Waals surface area contributed by atoms with Crippen LogP contribution in [0.5, 0.6) is 5.75 Å². The first-order valence-corrected chi connectivity index (χ1v) is 7.51. The molecule has 5 nitrogen and oxygen atoms in total. The molecule has 118 valence electrons. The molecule has 7 heteroatoms. The third-order valence-electron chi connectivity index (χ3n) is 3.24. The van der Waals surface area contributed by atoms with Crippen molar-refractivity contribution in [1.29, 1.82) is 0 Å². The standard InChI is InChI=1S/C14H19Cl2NO4/c15-10-1-2-12(16)13(5-10)21-7-11(18)6-17-8-14(19)3-4-20-9-14/h1-2,5,11,17-19H,3-4,6-9H2. The van der Waals surface area contributed by atoms with E-state index in [1.165, 1.54) is 0 Å². The zero-order chi connectivity index (χ0) is 15.3. The van der Waals surface area contributed by atoms with Crippen LogP contribution in [-0.2, 0) is 4.74 Å². The molecular weight excluding hydrogens is 317 g/mol. The Labute approximate surface area is 133 Å². The molecule has 2 rings (SSSR count). The van der Waals surface area contributed by atoms with Crippen molar-refractivity contribution in [2.24, 2.45) is 0 Å². The average molecular weight is 336 g/mol. The molecule has 2 atom stereocenters. The smallest absolute Gasteiger partial charge is 0.139 e. The summed E-state index contributed by atoms with van der Waals surface area (Å²) in [7, 11) is 0. The molecule has 1 aromatic rings. The number of aliphatic hydroxyl groups is 2. The molecule has 0 aliphatic carbocycles. The summed E-state index contributed by atoms with van der Waals surface area (Å²) in [6, 6.07) is 4.90. The number of benzene rings is 1. The number of ether oxygens (including phenoxy) is 2. The zero-order valence-corrected chi connectivity index (χ0v) is 13.0. The van der Waals surface area contributed by atoms with E-state index in [1.807, 2.05) is 0 Å². The van der Waals surface area contributed by atoms with E-state index in [9.17, 15) is 10.2 Å². The predicted molar refractivity (Wildman–Crippen MR) is 81.2 cm³/mol. The van der Waals surface area contributed by atoms with Gasteiger partial charge in [0.1, 0.15) is 24.1 Å². The van der Waals surface area contributed by atoms with Gasteiger partial charge in [-0.15, -0.1) is 0 Å². The van der Waals surface area contributed by atoms with Crippen LogP contribution in [0.2, 0.25) is 10.0 Å². The molecule has 21 heavy (non-hydrogen) atoms. The lowest BCUT2D eigenvalue weighted by Gasteiger charge is -2.22. The molecule has 2 unspecified atom stereocenters. The van der Waals surface area contributed by atoms with Gasteiger partial charge in [-0.1, -0.05) is 23.2 Å². The van der Waals surface area contributed by atoms with Crippen molar-refractivity contribution in [3.05, 3.63) is 28.2 Å². The van der Waals surface area contributed by atoms with Gasteiger partial charge in [0.05, 0.1) is 11.6 Å². The van der Waals surface area contributed by atoms with E-state index in [0.717, 1.165) is 0 Å². The first kappa shape index (κ1) is 16.8. The van der Waals surface area contributed by atoms with Crippen molar-refractivity contribution in [1.82, 2.24) is 5.32 Å². The summed E-state index contributed by atoms with van der Waals surface area (Å²) < 4.78 is 10.6. The van der Waals surface area contributed by atoms with Gasteiger partial charge in [-0.2, -0.15) is 0 Å². The number of nitrogens with one attached hydrogen (secondary N) is 1. The van der Waals surface area contributed by atoms with E-state index in [4.69, 9.17) is 32.7 Å². The third kappa shape index (κ3) is 5.29. The molecule has 1 saturated heterocycles. The minimum atomic E-state index is -0.836. The fraction of sp³-hybridized carbons (Fsp3) is 0.571. The highest BCUT2D eigenvalue weighted by molar-refractivity contribution is 6.34. The lowest BCUT2D eigenvalue weighted by atomic mass is 10.0. The molecule has 1 aliphatic rings. The second-order valence-electron chi connectivity index (χ2n) is 5.20. The number of hydrogen-bond acceptors (Lipinski definition) is 5. The van der Waals surface area contributed by atoms with E-state index in [-0.39, 0.29) is 6.61 Å². The number of hydrogen-bond donors (Lipinski definition) is 3. The van der Waals surface area contributed by atoms with Gasteiger partial charge in [-0.3, -0.25) is 0 Å². The van der Waals surface area contributed by atoms with E-state index >= 15 is 0 Å². The van der Waals surface area contributed by atoms with Crippen molar-refractivity contribution in [2.75, 3.05) is 32.9 Å². The van der Waals surface area contributed by atoms with Gasteiger partial charge in [0, 0.05) is 37.2 Å². The van der Waals surface area contributed by atoms with Crippen molar-refractivity contribution >= 4 is 23.2 Å². The highest BCUT2D eigenvalue weighted by atomic mass is 35.5. The minimum Gasteiger partial charge on any atom is -0.489 e. The average Bonchev–Trinajstić information content (AvgIpc) is 2.87. The topological polar surface area (TPSA) is 71.0 Å². The van der Waals surface area contributed by atoms with Crippen LogP contribution in [0.3, 0.4) is 0 Å². The maximum Gasteiger partial charge on any atom is 0.139 e. The molecule has 0 bridgehead atoms. The van der Waals surface area contributed by atoms with Gasteiger partial charge < -0.3 is 25.0 Å². The fourth-order valence-electron chi connectivity index (χ4n) is 2.04. The monoisotopic (exact) mass is 335 g/mol. The van der Waals surface area contributed by atoms with Crippen LogP contribution in [0.1, 0.15) is 6.42 Å². The number of aliphatic hydroxyl groups excluding tert-OH is 1. The van der Waals surface area contributed by atoms with Crippen LogP contribution < -0.4 is 10.1 Å². The van der Waals surface area contributed by atoms with E-state index in [2.05, 4.69) is 5.32 Å². The Balaban J connectivity index is 1.69. The molecule has 1 aromatic carbocycles. The SMILES string of the molecule is OC(CNCC1(O)CCOC1)COc1cc(Cl)ccc1Cl. The van der Waals surface area contributed by atoms with Crippen LogP contribution in [0.4, 0.5) is 0 Å². The van der Waals surface area contributed by atoms with Crippen molar-refractivity contribution in [3.8, 4) is 5.75 Å². The largest absolute Gasteiger partial charge is 0.489 e. The molecular formula is C14H19Cl2NO4. The summed E-state index contributed by atoms with van der Waals surface area (Å²) >= 11 is 11.8. The summed E-state index contributed by atoms with van der Waals surface area (Å²) in [5, 5.41) is 23.9. The lowest BCUT2D eigenvalue weighted by Crippen LogP contribution is -2.44. The second kappa shape index (κ2) is 7.63. The molecule has 0 spiro atoms. The first-order chi connectivity index (χ1) is 9.98. The molecule has 0 amide bonds. The normalized spacial score (nSPS) is 23.2. The van der Waals surface area contributed by atoms with Gasteiger partial charge in [0.2, 0.25) is 0 Å². The summed E-state index contributed by atoms with van der Waals surface area (Å²) in [5.74, 6) is 0.436. The minimum absolute atomic E-state index is 0.0853. The van der Waals surface area contributed by atoms with Gasteiger partial charge in [-0.05, 0) is 12.1 Å². The number of halogens is 2. The fourth-order valence-corrected chi connectivity index (χ4v) is 2.37. The second-order valence-corrected chi connectivity index (χ2v) is 6.04. The Kier molecular flexibility index (Phi) is 6.10. The van der Waals surface area contributed by atoms with Gasteiger partial charge in [0.15, 0.2) is 0 Å². The van der Waals surface area contributed by atoms with E-state index in [0.29, 0.717) is 48.5 Å². The molecule has 1 heterocycles. The summed E-state index contributed by atoms with van der Waals surface area (Å²) in [4.78, 5) is 0. The van der Waals surface area contributed by atoms with Crippen LogP contribution in [0, 0.1) is 0 Å². The maximum atomic E-state index is 10.0. The zero-order valence-electron chi connectivity index (χ0n) is 11.5. The van der Waals surface area contributed by atoms with E-state index in [1.54, 1.807) is 18.2 Å². The summed E-state index contributed by atoms with van der Waals surface area (Å²) in [5.41, 5.74) is -0.836.